The predicted octanol–water partition coefficient (Wildman–Crippen LogP) is -19.9. The van der Waals surface area contributed by atoms with Crippen molar-refractivity contribution in [3.63, 3.8) is 0 Å². The summed E-state index contributed by atoms with van der Waals surface area (Å²) in [4.78, 5) is 64.2. The lowest BCUT2D eigenvalue weighted by molar-refractivity contribution is -0.408. The van der Waals surface area contributed by atoms with Crippen LogP contribution in [0.15, 0.2) is 0 Å². The first-order chi connectivity index (χ1) is 54.4. The summed E-state index contributed by atoms with van der Waals surface area (Å²) in [6.07, 6.45) is -85.8. The molecule has 115 heavy (non-hydrogen) atoms. The molecule has 664 valence electrons. The average Bonchev–Trinajstić information content (AvgIpc) is 0.757. The number of carbonyl (C=O) groups is 5. The van der Waals surface area contributed by atoms with Gasteiger partial charge >= 0.3 is 0 Å². The van der Waals surface area contributed by atoms with Gasteiger partial charge in [-0.15, -0.1) is 0 Å². The van der Waals surface area contributed by atoms with Crippen molar-refractivity contribution < 1.29 is 227 Å². The highest BCUT2D eigenvalue weighted by Crippen LogP contribution is 2.41. The van der Waals surface area contributed by atoms with E-state index in [1.807, 2.05) is 0 Å². The monoisotopic (exact) mass is 1680 g/mol. The quantitative estimate of drug-likeness (QED) is 0.0318. The number of aliphatic hydroxyl groups excluding tert-OH is 24. The fraction of sp³-hybridized carbons (Fsp3) is 0.922. The summed E-state index contributed by atoms with van der Waals surface area (Å²) in [5, 5.41) is 281. The summed E-state index contributed by atoms with van der Waals surface area (Å²) in [5.74, 6) is -4.64. The number of aliphatic hydroxyl groups is 24. The minimum absolute atomic E-state index is 0.806. The molecule has 9 aliphatic heterocycles. The van der Waals surface area contributed by atoms with Gasteiger partial charge in [0.25, 0.3) is 0 Å². The molecule has 0 aromatic carbocycles. The van der Waals surface area contributed by atoms with Gasteiger partial charge in [0.1, 0.15) is 219 Å². The lowest BCUT2D eigenvalue weighted by Crippen LogP contribution is -2.71. The van der Waals surface area contributed by atoms with E-state index < -0.39 is 365 Å². The van der Waals surface area contributed by atoms with Crippen LogP contribution in [0.3, 0.4) is 0 Å². The molecule has 51 nitrogen and oxygen atoms in total. The molecule has 9 rings (SSSR count). The Bertz CT molecular complexity index is 3100. The van der Waals surface area contributed by atoms with E-state index in [-0.39, 0.29) is 0 Å². The Morgan fingerprint density at radius 3 is 0.861 bits per heavy atom. The van der Waals surface area contributed by atoms with Crippen LogP contribution in [0.5, 0.6) is 0 Å². The van der Waals surface area contributed by atoms with Gasteiger partial charge in [-0.2, -0.15) is 0 Å². The van der Waals surface area contributed by atoms with E-state index in [2.05, 4.69) is 26.6 Å². The van der Waals surface area contributed by atoms with Crippen molar-refractivity contribution in [2.24, 2.45) is 0 Å². The molecular weight excluding hydrogens is 1570 g/mol. The second-order valence-electron chi connectivity index (χ2n) is 28.9. The van der Waals surface area contributed by atoms with Gasteiger partial charge in [-0.25, -0.2) is 0 Å². The molecule has 5 amide bonds. The molecular formula is C64H107N5O46. The van der Waals surface area contributed by atoms with Crippen LogP contribution in [0.4, 0.5) is 0 Å². The number of ether oxygens (including phenoxy) is 17. The summed E-state index contributed by atoms with van der Waals surface area (Å²) >= 11 is 0. The third-order valence-corrected chi connectivity index (χ3v) is 20.8. The number of hydrogen-bond acceptors (Lipinski definition) is 46. The highest BCUT2D eigenvalue weighted by molar-refractivity contribution is 5.75. The van der Waals surface area contributed by atoms with Crippen molar-refractivity contribution in [1.29, 1.82) is 0 Å². The van der Waals surface area contributed by atoms with Crippen LogP contribution >= 0.6 is 0 Å². The zero-order valence-corrected chi connectivity index (χ0v) is 62.1. The van der Waals surface area contributed by atoms with E-state index in [4.69, 9.17) is 80.5 Å². The van der Waals surface area contributed by atoms with Gasteiger partial charge < -0.3 is 230 Å². The van der Waals surface area contributed by atoms with E-state index in [9.17, 15) is 147 Å². The molecule has 29 N–H and O–H groups in total. The normalized spacial score (nSPS) is 47.9. The first kappa shape index (κ1) is 94.6. The Morgan fingerprint density at radius 2 is 0.478 bits per heavy atom. The van der Waals surface area contributed by atoms with Crippen LogP contribution in [0.25, 0.3) is 0 Å². The Labute approximate surface area is 651 Å². The Kier molecular flexibility index (Phi) is 34.1. The number of hydrogen-bond donors (Lipinski definition) is 29. The van der Waals surface area contributed by atoms with Crippen molar-refractivity contribution in [3.05, 3.63) is 0 Å². The van der Waals surface area contributed by atoms with Crippen molar-refractivity contribution in [1.82, 2.24) is 26.6 Å². The fourth-order valence-corrected chi connectivity index (χ4v) is 14.9. The number of carbonyl (C=O) groups excluding carboxylic acids is 5. The molecule has 0 aromatic heterocycles. The molecule has 0 aromatic rings. The molecule has 9 aliphatic rings. The van der Waals surface area contributed by atoms with Gasteiger partial charge in [-0.05, 0) is 0 Å². The Morgan fingerprint density at radius 1 is 0.226 bits per heavy atom. The largest absolute Gasteiger partial charge is 0.394 e. The highest BCUT2D eigenvalue weighted by atomic mass is 16.8. The van der Waals surface area contributed by atoms with E-state index in [0.717, 1.165) is 34.6 Å². The van der Waals surface area contributed by atoms with Gasteiger partial charge in [-0.1, -0.05) is 0 Å². The zero-order valence-electron chi connectivity index (χ0n) is 62.1. The van der Waals surface area contributed by atoms with Gasteiger partial charge in [0, 0.05) is 34.6 Å². The van der Waals surface area contributed by atoms with E-state index in [0.29, 0.717) is 0 Å². The van der Waals surface area contributed by atoms with Crippen molar-refractivity contribution >= 4 is 29.5 Å². The molecule has 0 saturated carbocycles. The molecule has 0 bridgehead atoms. The lowest BCUT2D eigenvalue weighted by atomic mass is 9.93. The summed E-state index contributed by atoms with van der Waals surface area (Å²) in [6, 6.07) is -9.49. The van der Waals surface area contributed by atoms with E-state index in [1.54, 1.807) is 0 Å². The van der Waals surface area contributed by atoms with E-state index in [1.165, 1.54) is 0 Å². The molecule has 0 spiro atoms. The smallest absolute Gasteiger partial charge is 0.217 e. The van der Waals surface area contributed by atoms with Crippen molar-refractivity contribution in [2.75, 3.05) is 59.5 Å². The highest BCUT2D eigenvalue weighted by Gasteiger charge is 2.62. The predicted molar refractivity (Wildman–Crippen MR) is 355 cm³/mol. The maximum atomic E-state index is 13.3. The van der Waals surface area contributed by atoms with Gasteiger partial charge in [-0.3, -0.25) is 24.0 Å². The standard InChI is InChI=1S/C64H107N5O46/c1-15(78)65-29-41(90)49(25(11-75)100-56(29)98)109-59-32(68-18(4)81)42(91)51(27(13-77)106-59)111-62-48(97)53(113-64-55(46(95)38(87)24(10-74)105-64)115-60-33(69-19(5)82)43(92)50(26(12-76)107-60)110-61-47(96)44(93)36(85)22(8-72)103-61)52(112-57-30(66-16(2)79)39(88)34(83)20(6-70)101-57)28(108-62)14-99-63-54(45(94)37(86)23(9-73)104-63)114-58-31(67-17(3)80)40(89)35(84)21(7-71)102-58/h20-64,70-77,83-98H,6-14H2,1-5H3,(H,65,78)(H,66,79)(H,67,80)(H,68,81)(H,69,82)/t20-,21-,22-,23-,24-,25-,26-,27-,28-,29-,30-,31-,32-,33-,34-,35-,36+,37-,38-,39-,40-,41-,42-,43-,44+,45+,46+,47-,48+,49-,50-,51-,52-,53-,54+,55+,56+,57+,58+,59+,60+,61+,62+,63+,64-/m1/s1. The Hall–Kier alpha value is -4.29. The van der Waals surface area contributed by atoms with Crippen LogP contribution in [0, 0.1) is 0 Å². The van der Waals surface area contributed by atoms with Crippen LogP contribution in [-0.2, 0) is 104 Å². The summed E-state index contributed by atoms with van der Waals surface area (Å²) in [6.45, 7) is -5.57. The van der Waals surface area contributed by atoms with Gasteiger partial charge in [0.2, 0.25) is 29.5 Å². The molecule has 51 heteroatoms. The third kappa shape index (κ3) is 21.3. The molecule has 0 radical (unpaired) electrons. The zero-order chi connectivity index (χ0) is 84.8. The number of nitrogens with one attached hydrogen (secondary N) is 5. The molecule has 9 fully saturated rings. The number of rotatable bonds is 30. The molecule has 0 unspecified atom stereocenters. The van der Waals surface area contributed by atoms with Gasteiger partial charge in [0.15, 0.2) is 56.6 Å². The third-order valence-electron chi connectivity index (χ3n) is 20.8. The topological polar surface area (TPSA) is 788 Å². The maximum absolute atomic E-state index is 13.3. The van der Waals surface area contributed by atoms with Gasteiger partial charge in [0.05, 0.1) is 59.5 Å². The molecule has 0 aliphatic carbocycles. The molecule has 9 saturated heterocycles. The lowest BCUT2D eigenvalue weighted by Gasteiger charge is -2.52. The second kappa shape index (κ2) is 41.5. The van der Waals surface area contributed by atoms with Crippen LogP contribution < -0.4 is 26.6 Å². The maximum Gasteiger partial charge on any atom is 0.217 e. The molecule has 45 atom stereocenters. The fourth-order valence-electron chi connectivity index (χ4n) is 14.9. The Balaban J connectivity index is 1.17. The van der Waals surface area contributed by atoms with Crippen LogP contribution in [0.2, 0.25) is 0 Å². The van der Waals surface area contributed by atoms with E-state index >= 15 is 0 Å². The first-order valence-corrected chi connectivity index (χ1v) is 36.6. The molecule has 9 heterocycles. The summed E-state index contributed by atoms with van der Waals surface area (Å²) < 4.78 is 103. The number of amides is 5. The average molecular weight is 1680 g/mol. The van der Waals surface area contributed by atoms with Crippen LogP contribution in [0.1, 0.15) is 34.6 Å². The SMILES string of the molecule is CC(=O)N[C@@H]1[C@@H](O)[C@H](O[C@@H]2O[C@H](CO)[C@@H](O[C@@H]3O[C@H](CO[C@H]4O[C@H](CO)[C@@H](O)[C@H](O)[C@@H]4O[C@@H]4O[C@H](CO)[C@@H](O)[C@H](O)[C@H]4NC(C)=O)[C@@H](O[C@@H]4O[C@H](CO)[C@@H](O)[C@H](O)[C@H]4NC(C)=O)[C@H](O[C@H]4O[C@H](CO)[C@@H](O)[C@H](O)[C@@H]4O[C@@H]4O[C@H](CO)[C@@H](O[C@@H]5O[C@H](CO)[C@H](O)[C@H](O)[C@H]5O)[C@H](O)[C@H]4NC(C)=O)[C@@H]3O)[C@H](O)[C@H]2NC(C)=O)[C@@H](CO)O[C@@H]1O. The van der Waals surface area contributed by atoms with Crippen molar-refractivity contribution in [2.45, 2.75) is 311 Å². The second-order valence-corrected chi connectivity index (χ2v) is 28.9. The minimum Gasteiger partial charge on any atom is -0.394 e. The first-order valence-electron chi connectivity index (χ1n) is 36.6. The van der Waals surface area contributed by atoms with Crippen molar-refractivity contribution in [3.8, 4) is 0 Å². The summed E-state index contributed by atoms with van der Waals surface area (Å²) in [5.41, 5.74) is 0. The minimum atomic E-state index is -2.72. The van der Waals surface area contributed by atoms with Crippen LogP contribution in [-0.4, -0.2) is 488 Å². The summed E-state index contributed by atoms with van der Waals surface area (Å²) in [7, 11) is 0.